The third-order valence-electron chi connectivity index (χ3n) is 4.34. The Hall–Kier alpha value is -2.64. The average molecular weight is 392 g/mol. The summed E-state index contributed by atoms with van der Waals surface area (Å²) in [6.45, 7) is -0.118. The van der Waals surface area contributed by atoms with Crippen LogP contribution in [0.15, 0.2) is 30.3 Å². The second kappa shape index (κ2) is 10.6. The fraction of sp³-hybridized carbons (Fsp3) is 0.429. The third-order valence-corrected chi connectivity index (χ3v) is 4.34. The van der Waals surface area contributed by atoms with Crippen molar-refractivity contribution in [1.82, 2.24) is 0 Å². The normalized spacial score (nSPS) is 11.8. The van der Waals surface area contributed by atoms with E-state index in [1.165, 1.54) is 21.3 Å². The van der Waals surface area contributed by atoms with Crippen LogP contribution in [0.4, 0.5) is 0 Å². The van der Waals surface area contributed by atoms with Gasteiger partial charge in [0.05, 0.1) is 27.9 Å². The number of aliphatic hydroxyl groups excluding tert-OH is 2. The summed E-state index contributed by atoms with van der Waals surface area (Å²) in [5.41, 5.74) is 1.80. The Balaban J connectivity index is 2.25. The van der Waals surface area contributed by atoms with Gasteiger partial charge in [0, 0.05) is 13.0 Å². The van der Waals surface area contributed by atoms with Crippen LogP contribution in [0.3, 0.4) is 0 Å². The Morgan fingerprint density at radius 2 is 1.46 bits per heavy atom. The summed E-state index contributed by atoms with van der Waals surface area (Å²) in [7, 11) is 4.55. The van der Waals surface area contributed by atoms with Gasteiger partial charge in [-0.05, 0) is 48.2 Å². The Labute approximate surface area is 165 Å². The monoisotopic (exact) mass is 392 g/mol. The van der Waals surface area contributed by atoms with E-state index in [0.29, 0.717) is 42.3 Å². The molecule has 0 aliphatic carbocycles. The molecule has 0 heterocycles. The molecule has 0 saturated heterocycles. The molecule has 0 aromatic heterocycles. The number of rotatable bonds is 11. The molecule has 0 aliphatic rings. The highest BCUT2D eigenvalue weighted by Gasteiger charge is 2.20. The van der Waals surface area contributed by atoms with E-state index in [1.54, 1.807) is 18.2 Å². The molecule has 3 N–H and O–H groups in total. The Kier molecular flexibility index (Phi) is 8.22. The first-order valence-electron chi connectivity index (χ1n) is 9.05. The molecule has 0 bridgehead atoms. The molecule has 1 unspecified atom stereocenters. The number of aromatic hydroxyl groups is 1. The van der Waals surface area contributed by atoms with Gasteiger partial charge in [-0.3, -0.25) is 0 Å². The second-order valence-electron chi connectivity index (χ2n) is 6.29. The van der Waals surface area contributed by atoms with Crippen molar-refractivity contribution < 1.29 is 34.3 Å². The highest BCUT2D eigenvalue weighted by molar-refractivity contribution is 5.54. The summed E-state index contributed by atoms with van der Waals surface area (Å²) >= 11 is 0. The van der Waals surface area contributed by atoms with E-state index in [4.69, 9.17) is 24.1 Å². The molecule has 0 radical (unpaired) electrons. The van der Waals surface area contributed by atoms with Gasteiger partial charge in [-0.2, -0.15) is 0 Å². The number of aryl methyl sites for hydroxylation is 1. The summed E-state index contributed by atoms with van der Waals surface area (Å²) in [4.78, 5) is 0. The Bertz CT molecular complexity index is 735. The second-order valence-corrected chi connectivity index (χ2v) is 6.29. The van der Waals surface area contributed by atoms with Crippen molar-refractivity contribution in [3.63, 3.8) is 0 Å². The van der Waals surface area contributed by atoms with Crippen LogP contribution >= 0.6 is 0 Å². The standard InChI is InChI=1S/C21H28O7/c1-25-18-10-15(6-7-17(18)24)9-16(13-23)28-21-19(26-2)11-14(5-4-8-22)12-20(21)27-3/h6-7,10-12,16,22-24H,4-5,8-9,13H2,1-3H3. The van der Waals surface area contributed by atoms with Gasteiger partial charge in [0.25, 0.3) is 0 Å². The number of phenols is 1. The number of methoxy groups -OCH3 is 3. The van der Waals surface area contributed by atoms with Crippen LogP contribution in [0.25, 0.3) is 0 Å². The molecular formula is C21H28O7. The molecule has 1 atom stereocenters. The predicted molar refractivity (Wildman–Crippen MR) is 105 cm³/mol. The first-order valence-corrected chi connectivity index (χ1v) is 9.05. The van der Waals surface area contributed by atoms with E-state index in [1.807, 2.05) is 12.1 Å². The minimum Gasteiger partial charge on any atom is -0.504 e. The lowest BCUT2D eigenvalue weighted by molar-refractivity contribution is 0.109. The molecule has 2 aromatic carbocycles. The number of phenolic OH excluding ortho intramolecular Hbond substituents is 1. The van der Waals surface area contributed by atoms with Crippen molar-refractivity contribution >= 4 is 0 Å². The molecule has 2 rings (SSSR count). The van der Waals surface area contributed by atoms with Gasteiger partial charge >= 0.3 is 0 Å². The zero-order chi connectivity index (χ0) is 20.5. The number of ether oxygens (including phenoxy) is 4. The molecule has 0 spiro atoms. The van der Waals surface area contributed by atoms with Crippen LogP contribution in [-0.4, -0.2) is 56.0 Å². The van der Waals surface area contributed by atoms with E-state index in [0.717, 1.165) is 11.1 Å². The fourth-order valence-corrected chi connectivity index (χ4v) is 2.90. The first-order chi connectivity index (χ1) is 13.6. The van der Waals surface area contributed by atoms with Crippen molar-refractivity contribution in [2.24, 2.45) is 0 Å². The summed E-state index contributed by atoms with van der Waals surface area (Å²) in [6.07, 6.45) is 1.15. The first kappa shape index (κ1) is 21.7. The van der Waals surface area contributed by atoms with Crippen LogP contribution in [0.5, 0.6) is 28.7 Å². The smallest absolute Gasteiger partial charge is 0.203 e. The van der Waals surface area contributed by atoms with Crippen LogP contribution < -0.4 is 18.9 Å². The predicted octanol–water partition coefficient (Wildman–Crippen LogP) is 2.33. The molecule has 0 aliphatic heterocycles. The van der Waals surface area contributed by atoms with Crippen molar-refractivity contribution in [3.05, 3.63) is 41.5 Å². The van der Waals surface area contributed by atoms with E-state index in [2.05, 4.69) is 0 Å². The van der Waals surface area contributed by atoms with E-state index in [-0.39, 0.29) is 19.0 Å². The minimum atomic E-state index is -0.555. The van der Waals surface area contributed by atoms with Crippen LogP contribution in [0, 0.1) is 0 Å². The third kappa shape index (κ3) is 5.43. The van der Waals surface area contributed by atoms with Crippen molar-refractivity contribution in [2.45, 2.75) is 25.4 Å². The molecule has 0 saturated carbocycles. The largest absolute Gasteiger partial charge is 0.504 e. The van der Waals surface area contributed by atoms with Gasteiger partial charge < -0.3 is 34.3 Å². The van der Waals surface area contributed by atoms with Gasteiger partial charge in [0.15, 0.2) is 23.0 Å². The quantitative estimate of drug-likeness (QED) is 0.540. The van der Waals surface area contributed by atoms with Gasteiger partial charge in [-0.1, -0.05) is 6.07 Å². The Morgan fingerprint density at radius 1 is 0.857 bits per heavy atom. The van der Waals surface area contributed by atoms with Crippen LogP contribution in [-0.2, 0) is 12.8 Å². The molecule has 0 fully saturated rings. The lowest BCUT2D eigenvalue weighted by Gasteiger charge is -2.22. The summed E-state index contributed by atoms with van der Waals surface area (Å²) < 4.78 is 22.1. The molecular weight excluding hydrogens is 364 g/mol. The molecule has 28 heavy (non-hydrogen) atoms. The number of hydrogen-bond donors (Lipinski definition) is 3. The zero-order valence-electron chi connectivity index (χ0n) is 16.5. The van der Waals surface area contributed by atoms with E-state index in [9.17, 15) is 10.2 Å². The maximum absolute atomic E-state index is 9.81. The number of aliphatic hydroxyl groups is 2. The molecule has 0 amide bonds. The average Bonchev–Trinajstić information content (AvgIpc) is 2.73. The fourth-order valence-electron chi connectivity index (χ4n) is 2.90. The highest BCUT2D eigenvalue weighted by Crippen LogP contribution is 2.40. The van der Waals surface area contributed by atoms with Gasteiger partial charge in [0.1, 0.15) is 6.10 Å². The van der Waals surface area contributed by atoms with Crippen LogP contribution in [0.2, 0.25) is 0 Å². The van der Waals surface area contributed by atoms with Gasteiger partial charge in [0.2, 0.25) is 5.75 Å². The maximum Gasteiger partial charge on any atom is 0.203 e. The van der Waals surface area contributed by atoms with E-state index < -0.39 is 6.10 Å². The maximum atomic E-state index is 9.81. The van der Waals surface area contributed by atoms with Crippen molar-refractivity contribution in [1.29, 1.82) is 0 Å². The van der Waals surface area contributed by atoms with Gasteiger partial charge in [-0.15, -0.1) is 0 Å². The molecule has 154 valence electrons. The summed E-state index contributed by atoms with van der Waals surface area (Å²) in [5, 5.41) is 28.6. The van der Waals surface area contributed by atoms with Crippen molar-refractivity contribution in [2.75, 3.05) is 34.5 Å². The Morgan fingerprint density at radius 3 is 2.00 bits per heavy atom. The molecule has 2 aromatic rings. The number of benzene rings is 2. The van der Waals surface area contributed by atoms with Crippen LogP contribution in [0.1, 0.15) is 17.5 Å². The summed E-state index contributed by atoms with van der Waals surface area (Å²) in [5.74, 6) is 1.80. The highest BCUT2D eigenvalue weighted by atomic mass is 16.5. The number of hydrogen-bond acceptors (Lipinski definition) is 7. The lowest BCUT2D eigenvalue weighted by atomic mass is 10.1. The topological polar surface area (TPSA) is 97.6 Å². The van der Waals surface area contributed by atoms with Crippen molar-refractivity contribution in [3.8, 4) is 28.7 Å². The van der Waals surface area contributed by atoms with E-state index >= 15 is 0 Å². The molecule has 7 heteroatoms. The lowest BCUT2D eigenvalue weighted by Crippen LogP contribution is -2.24. The zero-order valence-corrected chi connectivity index (χ0v) is 16.5. The van der Waals surface area contributed by atoms with Gasteiger partial charge in [-0.25, -0.2) is 0 Å². The molecule has 7 nitrogen and oxygen atoms in total. The minimum absolute atomic E-state index is 0.0505. The summed E-state index contributed by atoms with van der Waals surface area (Å²) in [6, 6.07) is 8.67. The SMILES string of the molecule is COc1cc(CC(CO)Oc2c(OC)cc(CCCO)cc2OC)ccc1O.